The van der Waals surface area contributed by atoms with Crippen LogP contribution in [0.25, 0.3) is 0 Å². The number of hydrogen-bond acceptors (Lipinski definition) is 2. The van der Waals surface area contributed by atoms with E-state index in [0.717, 1.165) is 12.8 Å². The van der Waals surface area contributed by atoms with Crippen molar-refractivity contribution in [1.29, 1.82) is 0 Å². The number of hydrogen-bond donors (Lipinski definition) is 1. The molecule has 0 spiro atoms. The molecule has 3 heteroatoms. The average molecular weight is 273 g/mol. The van der Waals surface area contributed by atoms with Crippen LogP contribution in [0.4, 0.5) is 0 Å². The lowest BCUT2D eigenvalue weighted by Gasteiger charge is -2.43. The molecule has 2 nitrogen and oxygen atoms in total. The van der Waals surface area contributed by atoms with E-state index in [2.05, 4.69) is 27.7 Å². The van der Waals surface area contributed by atoms with E-state index in [-0.39, 0.29) is 22.0 Å². The normalized spacial score (nSPS) is 57.3. The molecule has 2 unspecified atom stereocenters. The van der Waals surface area contributed by atoms with Crippen LogP contribution in [0, 0.1) is 17.3 Å². The summed E-state index contributed by atoms with van der Waals surface area (Å²) in [6.07, 6.45) is 2.91. The highest BCUT2D eigenvalue weighted by molar-refractivity contribution is 6.22. The molecule has 18 heavy (non-hydrogen) atoms. The minimum atomic E-state index is -0.889. The summed E-state index contributed by atoms with van der Waals surface area (Å²) in [7, 11) is 0. The van der Waals surface area contributed by atoms with E-state index in [1.165, 1.54) is 6.42 Å². The molecule has 3 fully saturated rings. The molecule has 0 amide bonds. The van der Waals surface area contributed by atoms with Gasteiger partial charge < -0.3 is 9.84 Å². The molecule has 0 aromatic carbocycles. The Labute approximate surface area is 115 Å². The largest absolute Gasteiger partial charge is 0.385 e. The average Bonchev–Trinajstić information content (AvgIpc) is 2.80. The lowest BCUT2D eigenvalue weighted by atomic mass is 9.59. The van der Waals surface area contributed by atoms with Crippen LogP contribution in [-0.2, 0) is 4.74 Å². The highest BCUT2D eigenvalue weighted by Gasteiger charge is 2.87. The molecule has 0 bridgehead atoms. The summed E-state index contributed by atoms with van der Waals surface area (Å²) >= 11 is 6.43. The Hall–Kier alpha value is 0.210. The third-order valence-corrected chi connectivity index (χ3v) is 6.39. The smallest absolute Gasteiger partial charge is 0.128 e. The molecule has 2 aliphatic carbocycles. The van der Waals surface area contributed by atoms with E-state index in [0.29, 0.717) is 11.8 Å². The zero-order valence-electron chi connectivity index (χ0n) is 12.1. The van der Waals surface area contributed by atoms with Gasteiger partial charge in [-0.3, -0.25) is 0 Å². The summed E-state index contributed by atoms with van der Waals surface area (Å²) in [5.74, 6) is 1.08. The van der Waals surface area contributed by atoms with Gasteiger partial charge in [-0.05, 0) is 43.4 Å². The molecule has 0 aromatic rings. The quantitative estimate of drug-likeness (QED) is 0.587. The molecule has 5 atom stereocenters. The maximum absolute atomic E-state index is 10.8. The molecule has 1 N–H and O–H groups in total. The zero-order valence-corrected chi connectivity index (χ0v) is 12.8. The Bertz CT molecular complexity index is 390. The number of rotatable bonds is 1. The van der Waals surface area contributed by atoms with Crippen LogP contribution < -0.4 is 0 Å². The van der Waals surface area contributed by atoms with Gasteiger partial charge in [-0.1, -0.05) is 27.7 Å². The second kappa shape index (κ2) is 3.27. The van der Waals surface area contributed by atoms with Gasteiger partial charge in [0.2, 0.25) is 0 Å². The Morgan fingerprint density at radius 1 is 1.22 bits per heavy atom. The first-order chi connectivity index (χ1) is 8.08. The van der Waals surface area contributed by atoms with Crippen LogP contribution in [0.2, 0.25) is 0 Å². The van der Waals surface area contributed by atoms with Crippen molar-refractivity contribution >= 4 is 11.6 Å². The molecule has 0 aromatic heterocycles. The molecule has 1 aliphatic heterocycles. The van der Waals surface area contributed by atoms with E-state index in [9.17, 15) is 5.11 Å². The van der Waals surface area contributed by atoms with Gasteiger partial charge in [0.05, 0.1) is 5.38 Å². The van der Waals surface area contributed by atoms with Gasteiger partial charge >= 0.3 is 0 Å². The fraction of sp³-hybridized carbons (Fsp3) is 1.00. The van der Waals surface area contributed by atoms with E-state index in [1.54, 1.807) is 0 Å². The second-order valence-corrected chi connectivity index (χ2v) is 8.56. The third-order valence-electron chi connectivity index (χ3n) is 5.81. The van der Waals surface area contributed by atoms with Gasteiger partial charge in [0.15, 0.2) is 0 Å². The van der Waals surface area contributed by atoms with Crippen molar-refractivity contribution in [3.05, 3.63) is 0 Å². The van der Waals surface area contributed by atoms with Gasteiger partial charge in [-0.15, -0.1) is 11.6 Å². The van der Waals surface area contributed by atoms with Crippen molar-refractivity contribution in [1.82, 2.24) is 0 Å². The second-order valence-electron chi connectivity index (χ2n) is 8.03. The van der Waals surface area contributed by atoms with Crippen LogP contribution >= 0.6 is 11.6 Å². The number of ether oxygens (including phenoxy) is 1. The van der Waals surface area contributed by atoms with Gasteiger partial charge in [0.25, 0.3) is 0 Å². The topological polar surface area (TPSA) is 32.8 Å². The molecule has 2 saturated carbocycles. The predicted molar refractivity (Wildman–Crippen MR) is 72.8 cm³/mol. The molecule has 1 saturated heterocycles. The van der Waals surface area contributed by atoms with Crippen LogP contribution in [0.3, 0.4) is 0 Å². The first-order valence-electron chi connectivity index (χ1n) is 7.15. The van der Waals surface area contributed by atoms with E-state index in [4.69, 9.17) is 16.3 Å². The Morgan fingerprint density at radius 3 is 2.39 bits per heavy atom. The van der Waals surface area contributed by atoms with Crippen LogP contribution in [0.5, 0.6) is 0 Å². The van der Waals surface area contributed by atoms with Crippen molar-refractivity contribution < 1.29 is 9.84 Å². The van der Waals surface area contributed by atoms with Crippen LogP contribution in [-0.4, -0.2) is 27.3 Å². The monoisotopic (exact) mass is 272 g/mol. The number of aliphatic hydroxyl groups is 1. The highest BCUT2D eigenvalue weighted by Crippen LogP contribution is 2.76. The number of epoxide rings is 1. The van der Waals surface area contributed by atoms with Crippen LogP contribution in [0.15, 0.2) is 0 Å². The molecule has 0 radical (unpaired) electrons. The molecular weight excluding hydrogens is 248 g/mol. The molecule has 104 valence electrons. The fourth-order valence-electron chi connectivity index (χ4n) is 4.91. The highest BCUT2D eigenvalue weighted by atomic mass is 35.5. The summed E-state index contributed by atoms with van der Waals surface area (Å²) < 4.78 is 6.25. The van der Waals surface area contributed by atoms with Gasteiger partial charge in [-0.25, -0.2) is 0 Å². The Morgan fingerprint density at radius 2 is 1.83 bits per heavy atom. The summed E-state index contributed by atoms with van der Waals surface area (Å²) in [6, 6.07) is 0. The van der Waals surface area contributed by atoms with Crippen molar-refractivity contribution in [2.75, 3.05) is 0 Å². The van der Waals surface area contributed by atoms with Crippen LogP contribution in [0.1, 0.15) is 53.9 Å². The first-order valence-corrected chi connectivity index (χ1v) is 7.58. The summed E-state index contributed by atoms with van der Waals surface area (Å²) in [5, 5.41) is 10.6. The van der Waals surface area contributed by atoms with Crippen molar-refractivity contribution in [2.45, 2.75) is 76.1 Å². The van der Waals surface area contributed by atoms with Gasteiger partial charge in [-0.2, -0.15) is 0 Å². The lowest BCUT2D eigenvalue weighted by molar-refractivity contribution is -0.0403. The number of halogens is 1. The van der Waals surface area contributed by atoms with Crippen molar-refractivity contribution in [2.24, 2.45) is 17.3 Å². The minimum absolute atomic E-state index is 0.146. The predicted octanol–water partition coefficient (Wildman–Crippen LogP) is 3.35. The number of alkyl halides is 1. The SMILES string of the molecule is CC(C)C1CC(C)(C)C[C@]23O[C@]12CC(Cl)[C@@]3(C)O. The molecule has 3 rings (SSSR count). The maximum atomic E-state index is 10.8. The van der Waals surface area contributed by atoms with Crippen molar-refractivity contribution in [3.63, 3.8) is 0 Å². The van der Waals surface area contributed by atoms with Crippen molar-refractivity contribution in [3.8, 4) is 0 Å². The molecular formula is C15H25ClO2. The zero-order chi connectivity index (χ0) is 13.6. The maximum Gasteiger partial charge on any atom is 0.128 e. The fourth-order valence-corrected chi connectivity index (χ4v) is 5.32. The third kappa shape index (κ3) is 1.28. The van der Waals surface area contributed by atoms with Gasteiger partial charge in [0.1, 0.15) is 16.8 Å². The molecule has 1 heterocycles. The van der Waals surface area contributed by atoms with E-state index >= 15 is 0 Å². The standard InChI is InChI=1S/C15H25ClO2/c1-9(2)10-6-12(3,4)8-15-13(5,17)11(16)7-14(10,15)18-15/h9-11,17H,6-8H2,1-5H3/t10?,11?,13-,14-,15-/m1/s1. The van der Waals surface area contributed by atoms with E-state index < -0.39 is 5.60 Å². The Balaban J connectivity index is 2.06. The minimum Gasteiger partial charge on any atom is -0.385 e. The van der Waals surface area contributed by atoms with Gasteiger partial charge in [0, 0.05) is 0 Å². The molecule has 3 aliphatic rings. The summed E-state index contributed by atoms with van der Waals surface area (Å²) in [5.41, 5.74) is -1.20. The summed E-state index contributed by atoms with van der Waals surface area (Å²) in [4.78, 5) is 0. The summed E-state index contributed by atoms with van der Waals surface area (Å²) in [6.45, 7) is 11.0. The Kier molecular flexibility index (Phi) is 2.40. The lowest BCUT2D eigenvalue weighted by Crippen LogP contribution is -2.52. The van der Waals surface area contributed by atoms with E-state index in [1.807, 2.05) is 6.92 Å². The first kappa shape index (κ1) is 13.2.